The number of rotatable bonds is 21. The molecular formula is C22H42O7S. The Morgan fingerprint density at radius 1 is 0.700 bits per heavy atom. The molecule has 0 aromatic rings. The molecule has 0 saturated heterocycles. The summed E-state index contributed by atoms with van der Waals surface area (Å²) in [6.07, 6.45) is 11.4. The van der Waals surface area contributed by atoms with Crippen LogP contribution in [0, 0.1) is 0 Å². The quantitative estimate of drug-likeness (QED) is 0.187. The molecule has 0 fully saturated rings. The lowest BCUT2D eigenvalue weighted by Crippen LogP contribution is -2.31. The second-order valence-electron chi connectivity index (χ2n) is 8.35. The zero-order chi connectivity index (χ0) is 22.8. The van der Waals surface area contributed by atoms with Crippen molar-refractivity contribution in [1.82, 2.24) is 0 Å². The van der Waals surface area contributed by atoms with Gasteiger partial charge in [0.2, 0.25) is 0 Å². The summed E-state index contributed by atoms with van der Waals surface area (Å²) in [4.78, 5) is 21.8. The van der Waals surface area contributed by atoms with Gasteiger partial charge >= 0.3 is 10.4 Å². The van der Waals surface area contributed by atoms with E-state index in [1.165, 1.54) is 0 Å². The van der Waals surface area contributed by atoms with E-state index in [1.807, 2.05) is 0 Å². The molecule has 0 aliphatic rings. The molecule has 0 rings (SSSR count). The molecule has 2 atom stereocenters. The molecular weight excluding hydrogens is 408 g/mol. The minimum atomic E-state index is -4.60. The van der Waals surface area contributed by atoms with Gasteiger partial charge in [-0.3, -0.25) is 4.55 Å². The van der Waals surface area contributed by atoms with Crippen molar-refractivity contribution in [1.29, 1.82) is 0 Å². The van der Waals surface area contributed by atoms with Crippen LogP contribution in [0.5, 0.6) is 0 Å². The van der Waals surface area contributed by atoms with Crippen LogP contribution in [0.2, 0.25) is 0 Å². The van der Waals surface area contributed by atoms with Crippen LogP contribution in [0.25, 0.3) is 0 Å². The smallest absolute Gasteiger partial charge is 0.390 e. The van der Waals surface area contributed by atoms with E-state index in [0.717, 1.165) is 70.6 Å². The molecule has 8 heteroatoms. The van der Waals surface area contributed by atoms with E-state index in [0.29, 0.717) is 32.1 Å². The van der Waals surface area contributed by atoms with E-state index in [1.54, 1.807) is 13.8 Å². The second kappa shape index (κ2) is 17.8. The summed E-state index contributed by atoms with van der Waals surface area (Å²) in [6, 6.07) is 0. The molecule has 178 valence electrons. The van der Waals surface area contributed by atoms with Gasteiger partial charge in [-0.25, -0.2) is 4.18 Å². The number of carbonyl (C=O) groups is 2. The van der Waals surface area contributed by atoms with Gasteiger partial charge < -0.3 is 14.7 Å². The fourth-order valence-corrected chi connectivity index (χ4v) is 4.04. The Kier molecular flexibility index (Phi) is 17.3. The number of Topliss-reactive ketones (excluding diaryl/α,β-unsaturated/α-hetero) is 2. The number of unbranched alkanes of at least 4 members (excludes halogenated alkanes) is 10. The molecule has 0 aliphatic heterocycles. The first-order valence-electron chi connectivity index (χ1n) is 11.4. The standard InChI is InChI=1S/C22H42O7S/c1-19(23)15-11-7-3-5-9-13-17-21(25)22(29-30(26,27)28)18-14-10-6-4-8-12-16-20(2)24/h21-22,25H,3-18H2,1-2H3,(H,26,27,28). The van der Waals surface area contributed by atoms with Gasteiger partial charge in [-0.1, -0.05) is 64.2 Å². The third-order valence-electron chi connectivity index (χ3n) is 5.22. The van der Waals surface area contributed by atoms with Crippen molar-refractivity contribution in [3.8, 4) is 0 Å². The predicted molar refractivity (Wildman–Crippen MR) is 118 cm³/mol. The van der Waals surface area contributed by atoms with Crippen LogP contribution < -0.4 is 0 Å². The van der Waals surface area contributed by atoms with Crippen molar-refractivity contribution in [2.45, 2.75) is 129 Å². The lowest BCUT2D eigenvalue weighted by molar-refractivity contribution is -0.117. The highest BCUT2D eigenvalue weighted by Crippen LogP contribution is 2.19. The van der Waals surface area contributed by atoms with E-state index < -0.39 is 22.6 Å². The summed E-state index contributed by atoms with van der Waals surface area (Å²) in [5, 5.41) is 10.3. The monoisotopic (exact) mass is 450 g/mol. The van der Waals surface area contributed by atoms with Crippen molar-refractivity contribution < 1.29 is 31.8 Å². The maximum atomic E-state index is 11.1. The van der Waals surface area contributed by atoms with Gasteiger partial charge in [0.15, 0.2) is 0 Å². The van der Waals surface area contributed by atoms with Crippen LogP contribution in [0.4, 0.5) is 0 Å². The fraction of sp³-hybridized carbons (Fsp3) is 0.909. The summed E-state index contributed by atoms with van der Waals surface area (Å²) in [5.74, 6) is 0.429. The van der Waals surface area contributed by atoms with E-state index in [2.05, 4.69) is 0 Å². The number of carbonyl (C=O) groups excluding carboxylic acids is 2. The van der Waals surface area contributed by atoms with Gasteiger partial charge in [0.05, 0.1) is 6.10 Å². The number of hydrogen-bond donors (Lipinski definition) is 2. The summed E-state index contributed by atoms with van der Waals surface area (Å²) >= 11 is 0. The van der Waals surface area contributed by atoms with E-state index in [9.17, 15) is 23.1 Å². The number of ketones is 2. The number of hydrogen-bond acceptors (Lipinski definition) is 6. The Bertz CT molecular complexity index is 560. The van der Waals surface area contributed by atoms with E-state index in [-0.39, 0.29) is 11.6 Å². The normalized spacial score (nSPS) is 13.9. The molecule has 0 aliphatic carbocycles. The highest BCUT2D eigenvalue weighted by Gasteiger charge is 2.24. The Morgan fingerprint density at radius 3 is 1.47 bits per heavy atom. The molecule has 0 spiro atoms. The Morgan fingerprint density at radius 2 is 1.07 bits per heavy atom. The molecule has 0 aromatic heterocycles. The minimum absolute atomic E-state index is 0.210. The molecule has 0 bridgehead atoms. The molecule has 0 saturated carbocycles. The van der Waals surface area contributed by atoms with Crippen LogP contribution in [0.1, 0.15) is 117 Å². The van der Waals surface area contributed by atoms with Gasteiger partial charge in [0.25, 0.3) is 0 Å². The van der Waals surface area contributed by atoms with Crippen LogP contribution in [0.15, 0.2) is 0 Å². The van der Waals surface area contributed by atoms with Gasteiger partial charge in [0.1, 0.15) is 17.7 Å². The zero-order valence-electron chi connectivity index (χ0n) is 18.8. The summed E-state index contributed by atoms with van der Waals surface area (Å²) in [6.45, 7) is 3.20. The van der Waals surface area contributed by atoms with Crippen LogP contribution in [-0.4, -0.2) is 41.9 Å². The first kappa shape index (κ1) is 29.2. The van der Waals surface area contributed by atoms with Crippen LogP contribution >= 0.6 is 0 Å². The Hall–Kier alpha value is -0.830. The maximum absolute atomic E-state index is 11.1. The van der Waals surface area contributed by atoms with Crippen molar-refractivity contribution in [3.63, 3.8) is 0 Å². The van der Waals surface area contributed by atoms with Crippen molar-refractivity contribution in [2.24, 2.45) is 0 Å². The average Bonchev–Trinajstić information content (AvgIpc) is 2.63. The van der Waals surface area contributed by atoms with Crippen LogP contribution in [0.3, 0.4) is 0 Å². The first-order chi connectivity index (χ1) is 14.1. The lowest BCUT2D eigenvalue weighted by atomic mass is 9.99. The van der Waals surface area contributed by atoms with Crippen molar-refractivity contribution in [3.05, 3.63) is 0 Å². The SMILES string of the molecule is CC(=O)CCCCCCCCC(O)C(CCCCCCCCC(C)=O)OS(=O)(=O)O. The Labute approximate surface area is 182 Å². The van der Waals surface area contributed by atoms with Gasteiger partial charge in [0, 0.05) is 12.8 Å². The molecule has 0 heterocycles. The van der Waals surface area contributed by atoms with E-state index >= 15 is 0 Å². The summed E-state index contributed by atoms with van der Waals surface area (Å²) in [5.41, 5.74) is 0. The first-order valence-corrected chi connectivity index (χ1v) is 12.8. The van der Waals surface area contributed by atoms with E-state index in [4.69, 9.17) is 8.74 Å². The molecule has 0 amide bonds. The molecule has 0 aromatic carbocycles. The zero-order valence-corrected chi connectivity index (χ0v) is 19.6. The summed E-state index contributed by atoms with van der Waals surface area (Å²) < 4.78 is 35.9. The third-order valence-corrected chi connectivity index (χ3v) is 5.71. The summed E-state index contributed by atoms with van der Waals surface area (Å²) in [7, 11) is -4.60. The molecule has 30 heavy (non-hydrogen) atoms. The van der Waals surface area contributed by atoms with Gasteiger partial charge in [-0.15, -0.1) is 0 Å². The van der Waals surface area contributed by atoms with Crippen LogP contribution in [-0.2, 0) is 24.2 Å². The number of aliphatic hydroxyl groups is 1. The van der Waals surface area contributed by atoms with Gasteiger partial charge in [-0.05, 0) is 39.5 Å². The topological polar surface area (TPSA) is 118 Å². The third kappa shape index (κ3) is 20.4. The minimum Gasteiger partial charge on any atom is -0.390 e. The second-order valence-corrected chi connectivity index (χ2v) is 9.40. The number of aliphatic hydroxyl groups excluding tert-OH is 1. The van der Waals surface area contributed by atoms with Gasteiger partial charge in [-0.2, -0.15) is 8.42 Å². The molecule has 2 N–H and O–H groups in total. The van der Waals surface area contributed by atoms with Crippen molar-refractivity contribution >= 4 is 22.0 Å². The molecule has 7 nitrogen and oxygen atoms in total. The predicted octanol–water partition coefficient (Wildman–Crippen LogP) is 4.95. The molecule has 2 unspecified atom stereocenters. The highest BCUT2D eigenvalue weighted by atomic mass is 32.3. The molecule has 0 radical (unpaired) electrons. The largest absolute Gasteiger partial charge is 0.397 e. The average molecular weight is 451 g/mol. The Balaban J connectivity index is 4.01. The lowest BCUT2D eigenvalue weighted by Gasteiger charge is -2.21. The highest BCUT2D eigenvalue weighted by molar-refractivity contribution is 7.80. The fourth-order valence-electron chi connectivity index (χ4n) is 3.51. The maximum Gasteiger partial charge on any atom is 0.397 e. The van der Waals surface area contributed by atoms with Crippen molar-refractivity contribution in [2.75, 3.05) is 0 Å².